The summed E-state index contributed by atoms with van der Waals surface area (Å²) in [5, 5.41) is 9.76. The second kappa shape index (κ2) is 10.2. The third-order valence-corrected chi connectivity index (χ3v) is 8.25. The zero-order valence-corrected chi connectivity index (χ0v) is 20.8. The van der Waals surface area contributed by atoms with Crippen LogP contribution in [0.25, 0.3) is 11.1 Å². The Labute approximate surface area is 197 Å². The molecule has 0 aromatic heterocycles. The predicted octanol–water partition coefficient (Wildman–Crippen LogP) is 3.30. The number of sulfonamides is 1. The Kier molecular flexibility index (Phi) is 7.82. The number of hydrogen-bond acceptors (Lipinski definition) is 5. The van der Waals surface area contributed by atoms with Gasteiger partial charge in [0.25, 0.3) is 0 Å². The van der Waals surface area contributed by atoms with Crippen molar-refractivity contribution in [2.45, 2.75) is 51.2 Å². The van der Waals surface area contributed by atoms with Crippen molar-refractivity contribution in [1.29, 1.82) is 0 Å². The lowest BCUT2D eigenvalue weighted by Gasteiger charge is -2.37. The van der Waals surface area contributed by atoms with Crippen molar-refractivity contribution < 1.29 is 23.1 Å². The predicted molar refractivity (Wildman–Crippen MR) is 129 cm³/mol. The van der Waals surface area contributed by atoms with Crippen LogP contribution in [0, 0.1) is 12.8 Å². The third kappa shape index (κ3) is 5.39. The van der Waals surface area contributed by atoms with Crippen LogP contribution < -0.4 is 4.74 Å². The smallest absolute Gasteiger partial charge is 0.247 e. The van der Waals surface area contributed by atoms with Gasteiger partial charge in [-0.1, -0.05) is 49.7 Å². The molecule has 1 aliphatic rings. The highest BCUT2D eigenvalue weighted by molar-refractivity contribution is 7.89. The number of ether oxygens (including phenoxy) is 1. The van der Waals surface area contributed by atoms with E-state index in [0.717, 1.165) is 16.7 Å². The maximum absolute atomic E-state index is 13.6. The number of rotatable bonds is 6. The van der Waals surface area contributed by atoms with Gasteiger partial charge in [0.15, 0.2) is 0 Å². The zero-order valence-electron chi connectivity index (χ0n) is 20.0. The molecule has 0 unspecified atom stereocenters. The molecule has 1 amide bonds. The van der Waals surface area contributed by atoms with E-state index in [9.17, 15) is 18.3 Å². The van der Waals surface area contributed by atoms with Gasteiger partial charge in [0.2, 0.25) is 15.9 Å². The molecule has 0 radical (unpaired) electrons. The van der Waals surface area contributed by atoms with Gasteiger partial charge >= 0.3 is 0 Å². The van der Waals surface area contributed by atoms with E-state index in [-0.39, 0.29) is 35.6 Å². The minimum Gasteiger partial charge on any atom is -0.487 e. The zero-order chi connectivity index (χ0) is 24.3. The first-order valence-electron chi connectivity index (χ1n) is 11.3. The van der Waals surface area contributed by atoms with Crippen LogP contribution in [-0.2, 0) is 14.8 Å². The van der Waals surface area contributed by atoms with E-state index in [2.05, 4.69) is 0 Å². The van der Waals surface area contributed by atoms with Crippen molar-refractivity contribution >= 4 is 15.9 Å². The standard InChI is InChI=1S/C25H34N2O5S/c1-6-25(29)26(5)15-23-18(3)14-27(19(4)16-28)33(30,31)24-12-11-21(13-22(24)32-23)20-9-7-17(2)8-10-20/h7-13,18-19,23,28H,6,14-16H2,1-5H3/t18-,19-,23-/m1/s1. The van der Waals surface area contributed by atoms with E-state index in [1.54, 1.807) is 37.1 Å². The summed E-state index contributed by atoms with van der Waals surface area (Å²) in [5.74, 6) is 0.0452. The SMILES string of the molecule is CCC(=O)N(C)C[C@H]1Oc2cc(-c3ccc(C)cc3)ccc2S(=O)(=O)N([C@H](C)CO)C[C@H]1C. The summed E-state index contributed by atoms with van der Waals surface area (Å²) in [7, 11) is -2.17. The molecule has 1 heterocycles. The summed E-state index contributed by atoms with van der Waals surface area (Å²) in [6.07, 6.45) is -0.0326. The first-order valence-corrected chi connectivity index (χ1v) is 12.8. The van der Waals surface area contributed by atoms with E-state index in [4.69, 9.17) is 4.74 Å². The third-order valence-electron chi connectivity index (χ3n) is 6.23. The summed E-state index contributed by atoms with van der Waals surface area (Å²) in [6.45, 7) is 7.65. The number of aliphatic hydroxyl groups excluding tert-OH is 1. The fourth-order valence-corrected chi connectivity index (χ4v) is 5.84. The van der Waals surface area contributed by atoms with Crippen LogP contribution in [0.4, 0.5) is 0 Å². The van der Waals surface area contributed by atoms with E-state index >= 15 is 0 Å². The molecular weight excluding hydrogens is 440 g/mol. The maximum atomic E-state index is 13.6. The molecule has 1 aliphatic heterocycles. The molecule has 0 spiro atoms. The average Bonchev–Trinajstić information content (AvgIpc) is 2.80. The lowest BCUT2D eigenvalue weighted by Crippen LogP contribution is -2.50. The normalized spacial score (nSPS) is 21.3. The molecule has 0 bridgehead atoms. The molecule has 3 atom stereocenters. The first-order chi connectivity index (χ1) is 15.6. The molecule has 0 fully saturated rings. The van der Waals surface area contributed by atoms with E-state index < -0.39 is 22.2 Å². The monoisotopic (exact) mass is 474 g/mol. The van der Waals surface area contributed by atoms with Crippen LogP contribution in [0.1, 0.15) is 32.8 Å². The lowest BCUT2D eigenvalue weighted by atomic mass is 10.0. The fraction of sp³-hybridized carbons (Fsp3) is 0.480. The highest BCUT2D eigenvalue weighted by Gasteiger charge is 2.38. The van der Waals surface area contributed by atoms with Crippen LogP contribution >= 0.6 is 0 Å². The minimum absolute atomic E-state index is 0.00491. The first kappa shape index (κ1) is 25.2. The van der Waals surface area contributed by atoms with E-state index in [1.807, 2.05) is 45.0 Å². The number of likely N-dealkylation sites (N-methyl/N-ethyl adjacent to an activating group) is 1. The van der Waals surface area contributed by atoms with Crippen LogP contribution in [0.15, 0.2) is 47.4 Å². The number of aliphatic hydroxyl groups is 1. The molecule has 0 aliphatic carbocycles. The Bertz CT molecular complexity index is 1080. The Morgan fingerprint density at radius 3 is 2.45 bits per heavy atom. The number of benzene rings is 2. The number of aryl methyl sites for hydroxylation is 1. The summed E-state index contributed by atoms with van der Waals surface area (Å²) in [5.41, 5.74) is 2.93. The van der Waals surface area contributed by atoms with Gasteiger partial charge in [-0.15, -0.1) is 0 Å². The van der Waals surface area contributed by atoms with Crippen molar-refractivity contribution in [1.82, 2.24) is 9.21 Å². The molecule has 180 valence electrons. The molecule has 0 saturated heterocycles. The second-order valence-electron chi connectivity index (χ2n) is 8.90. The Morgan fingerprint density at radius 1 is 1.21 bits per heavy atom. The van der Waals surface area contributed by atoms with E-state index in [1.165, 1.54) is 4.31 Å². The summed E-state index contributed by atoms with van der Waals surface area (Å²) in [4.78, 5) is 13.9. The molecule has 2 aromatic rings. The molecule has 2 aromatic carbocycles. The number of carbonyl (C=O) groups is 1. The maximum Gasteiger partial charge on any atom is 0.247 e. The van der Waals surface area contributed by atoms with Gasteiger partial charge in [-0.25, -0.2) is 8.42 Å². The van der Waals surface area contributed by atoms with Gasteiger partial charge in [0.05, 0.1) is 13.2 Å². The number of hydrogen-bond donors (Lipinski definition) is 1. The lowest BCUT2D eigenvalue weighted by molar-refractivity contribution is -0.131. The van der Waals surface area contributed by atoms with Crippen LogP contribution in [0.2, 0.25) is 0 Å². The van der Waals surface area contributed by atoms with Gasteiger partial charge in [0, 0.05) is 32.0 Å². The van der Waals surface area contributed by atoms with Gasteiger partial charge in [0.1, 0.15) is 16.7 Å². The van der Waals surface area contributed by atoms with Crippen LogP contribution in [0.3, 0.4) is 0 Å². The minimum atomic E-state index is -3.90. The summed E-state index contributed by atoms with van der Waals surface area (Å²) < 4.78 is 34.8. The van der Waals surface area contributed by atoms with Crippen molar-refractivity contribution in [2.75, 3.05) is 26.7 Å². The number of nitrogens with zero attached hydrogens (tertiary/aromatic N) is 2. The van der Waals surface area contributed by atoms with Crippen molar-refractivity contribution in [2.24, 2.45) is 5.92 Å². The largest absolute Gasteiger partial charge is 0.487 e. The molecule has 3 rings (SSSR count). The quantitative estimate of drug-likeness (QED) is 0.694. The molecule has 0 saturated carbocycles. The van der Waals surface area contributed by atoms with Crippen molar-refractivity contribution in [3.8, 4) is 16.9 Å². The highest BCUT2D eigenvalue weighted by atomic mass is 32.2. The number of amides is 1. The number of carbonyl (C=O) groups excluding carboxylic acids is 1. The Hall–Kier alpha value is -2.42. The van der Waals surface area contributed by atoms with Crippen molar-refractivity contribution in [3.63, 3.8) is 0 Å². The molecular formula is C25H34N2O5S. The van der Waals surface area contributed by atoms with Crippen LogP contribution in [-0.4, -0.2) is 67.5 Å². The van der Waals surface area contributed by atoms with Gasteiger partial charge < -0.3 is 14.7 Å². The Morgan fingerprint density at radius 2 is 1.85 bits per heavy atom. The molecule has 1 N–H and O–H groups in total. The van der Waals surface area contributed by atoms with E-state index in [0.29, 0.717) is 13.0 Å². The fourth-order valence-electron chi connectivity index (χ4n) is 4.01. The molecule has 7 nitrogen and oxygen atoms in total. The van der Waals surface area contributed by atoms with Crippen LogP contribution in [0.5, 0.6) is 5.75 Å². The number of fused-ring (bicyclic) bond motifs is 1. The van der Waals surface area contributed by atoms with Gasteiger partial charge in [-0.2, -0.15) is 4.31 Å². The summed E-state index contributed by atoms with van der Waals surface area (Å²) in [6, 6.07) is 12.5. The molecule has 8 heteroatoms. The topological polar surface area (TPSA) is 87.2 Å². The molecule has 33 heavy (non-hydrogen) atoms. The second-order valence-corrected chi connectivity index (χ2v) is 10.8. The van der Waals surface area contributed by atoms with Crippen molar-refractivity contribution in [3.05, 3.63) is 48.0 Å². The van der Waals surface area contributed by atoms with Gasteiger partial charge in [-0.05, 0) is 37.1 Å². The average molecular weight is 475 g/mol. The Balaban J connectivity index is 2.11. The highest BCUT2D eigenvalue weighted by Crippen LogP contribution is 2.36. The van der Waals surface area contributed by atoms with Gasteiger partial charge in [-0.3, -0.25) is 4.79 Å². The summed E-state index contributed by atoms with van der Waals surface area (Å²) >= 11 is 0.